The molecule has 0 amide bonds. The average molecular weight is 336 g/mol. The topological polar surface area (TPSA) is 46.5 Å². The average Bonchev–Trinajstić information content (AvgIpc) is 2.92. The first-order valence-electron chi connectivity index (χ1n) is 8.27. The Labute approximate surface area is 135 Å². The van der Waals surface area contributed by atoms with Gasteiger partial charge in [0.15, 0.2) is 5.60 Å². The van der Waals surface area contributed by atoms with Crippen LogP contribution in [-0.4, -0.2) is 29.5 Å². The normalized spacial score (nSPS) is 33.6. The van der Waals surface area contributed by atoms with E-state index in [0.29, 0.717) is 18.9 Å². The number of aliphatic hydroxyl groups is 1. The lowest BCUT2D eigenvalue weighted by Gasteiger charge is -2.34. The molecule has 6 heteroatoms. The standard InChI is InChI=1S/C17H27F3O3/c1-15(2,3)14(21)23-9-13-7-10-5-11(13)6-12(10)8-16(4,22)17(18,19)20/h10-13,22H,5-9H2,1-4H3. The summed E-state index contributed by atoms with van der Waals surface area (Å²) >= 11 is 0. The van der Waals surface area contributed by atoms with Crippen molar-refractivity contribution in [3.8, 4) is 0 Å². The van der Waals surface area contributed by atoms with E-state index in [0.717, 1.165) is 19.8 Å². The molecule has 23 heavy (non-hydrogen) atoms. The highest BCUT2D eigenvalue weighted by Crippen LogP contribution is 2.55. The van der Waals surface area contributed by atoms with Gasteiger partial charge >= 0.3 is 12.1 Å². The highest BCUT2D eigenvalue weighted by atomic mass is 19.4. The fourth-order valence-electron chi connectivity index (χ4n) is 3.99. The van der Waals surface area contributed by atoms with E-state index in [9.17, 15) is 23.1 Å². The van der Waals surface area contributed by atoms with Crippen LogP contribution < -0.4 is 0 Å². The number of hydrogen-bond donors (Lipinski definition) is 1. The first-order valence-corrected chi connectivity index (χ1v) is 8.27. The number of esters is 1. The maximum Gasteiger partial charge on any atom is 0.416 e. The smallest absolute Gasteiger partial charge is 0.416 e. The van der Waals surface area contributed by atoms with E-state index in [1.807, 2.05) is 0 Å². The highest BCUT2D eigenvalue weighted by molar-refractivity contribution is 5.75. The van der Waals surface area contributed by atoms with Crippen molar-refractivity contribution in [2.24, 2.45) is 29.1 Å². The molecular weight excluding hydrogens is 309 g/mol. The summed E-state index contributed by atoms with van der Waals surface area (Å²) in [4.78, 5) is 11.8. The molecule has 0 aliphatic heterocycles. The van der Waals surface area contributed by atoms with Gasteiger partial charge in [-0.25, -0.2) is 0 Å². The van der Waals surface area contributed by atoms with E-state index in [1.54, 1.807) is 20.8 Å². The molecule has 2 bridgehead atoms. The van der Waals surface area contributed by atoms with Crippen LogP contribution in [0.5, 0.6) is 0 Å². The Morgan fingerprint density at radius 2 is 1.57 bits per heavy atom. The Morgan fingerprint density at radius 3 is 2.00 bits per heavy atom. The molecule has 2 rings (SSSR count). The largest absolute Gasteiger partial charge is 0.465 e. The van der Waals surface area contributed by atoms with Gasteiger partial charge in [-0.05, 0) is 77.0 Å². The Kier molecular flexibility index (Phi) is 4.79. The van der Waals surface area contributed by atoms with Crippen LogP contribution in [0.25, 0.3) is 0 Å². The molecule has 2 saturated carbocycles. The predicted molar refractivity (Wildman–Crippen MR) is 79.5 cm³/mol. The number of ether oxygens (including phenoxy) is 1. The van der Waals surface area contributed by atoms with Gasteiger partial charge in [-0.15, -0.1) is 0 Å². The van der Waals surface area contributed by atoms with E-state index >= 15 is 0 Å². The quantitative estimate of drug-likeness (QED) is 0.791. The number of hydrogen-bond acceptors (Lipinski definition) is 3. The maximum atomic E-state index is 12.8. The van der Waals surface area contributed by atoms with Crippen LogP contribution >= 0.6 is 0 Å². The summed E-state index contributed by atoms with van der Waals surface area (Å²) in [5.41, 5.74) is -3.15. The Hall–Kier alpha value is -0.780. The minimum absolute atomic E-state index is 0.0915. The molecule has 2 aliphatic carbocycles. The lowest BCUT2D eigenvalue weighted by Crippen LogP contribution is -2.44. The summed E-state index contributed by atoms with van der Waals surface area (Å²) in [6, 6.07) is 0. The third-order valence-corrected chi connectivity index (χ3v) is 5.46. The SMILES string of the molecule is CC(C)(C)C(=O)OCC1CC2CC1CC2CC(C)(O)C(F)(F)F. The van der Waals surface area contributed by atoms with Crippen molar-refractivity contribution in [1.82, 2.24) is 0 Å². The number of fused-ring (bicyclic) bond motifs is 2. The van der Waals surface area contributed by atoms with Crippen LogP contribution in [0.1, 0.15) is 53.4 Å². The Balaban J connectivity index is 1.85. The van der Waals surface area contributed by atoms with Crippen LogP contribution in [0.4, 0.5) is 13.2 Å². The fourth-order valence-corrected chi connectivity index (χ4v) is 3.99. The summed E-state index contributed by atoms with van der Waals surface area (Å²) in [6.45, 7) is 6.61. The van der Waals surface area contributed by atoms with Crippen molar-refractivity contribution >= 4 is 5.97 Å². The van der Waals surface area contributed by atoms with Crippen molar-refractivity contribution in [1.29, 1.82) is 0 Å². The van der Waals surface area contributed by atoms with Crippen molar-refractivity contribution in [2.45, 2.75) is 65.2 Å². The van der Waals surface area contributed by atoms with Crippen LogP contribution in [0.3, 0.4) is 0 Å². The molecule has 2 aliphatic rings. The van der Waals surface area contributed by atoms with Gasteiger partial charge in [0.1, 0.15) is 0 Å². The lowest BCUT2D eigenvalue weighted by molar-refractivity contribution is -0.259. The number of rotatable bonds is 4. The zero-order chi connectivity index (χ0) is 17.6. The van der Waals surface area contributed by atoms with Gasteiger partial charge in [-0.3, -0.25) is 4.79 Å². The third-order valence-electron chi connectivity index (χ3n) is 5.46. The van der Waals surface area contributed by atoms with Gasteiger partial charge in [0.05, 0.1) is 12.0 Å². The highest BCUT2D eigenvalue weighted by Gasteiger charge is 2.54. The lowest BCUT2D eigenvalue weighted by atomic mass is 9.77. The van der Waals surface area contributed by atoms with E-state index in [4.69, 9.17) is 4.74 Å². The van der Waals surface area contributed by atoms with E-state index in [2.05, 4.69) is 0 Å². The summed E-state index contributed by atoms with van der Waals surface area (Å²) in [6.07, 6.45) is -2.45. The van der Waals surface area contributed by atoms with Gasteiger partial charge in [0, 0.05) is 0 Å². The summed E-state index contributed by atoms with van der Waals surface area (Å²) < 4.78 is 43.8. The van der Waals surface area contributed by atoms with Crippen molar-refractivity contribution in [3.05, 3.63) is 0 Å². The molecule has 0 radical (unpaired) electrons. The zero-order valence-electron chi connectivity index (χ0n) is 14.2. The molecule has 0 saturated heterocycles. The van der Waals surface area contributed by atoms with Crippen LogP contribution in [0.15, 0.2) is 0 Å². The van der Waals surface area contributed by atoms with Crippen LogP contribution in [-0.2, 0) is 9.53 Å². The second-order valence-corrected chi connectivity index (χ2v) is 8.57. The van der Waals surface area contributed by atoms with Gasteiger partial charge in [-0.2, -0.15) is 13.2 Å². The monoisotopic (exact) mass is 336 g/mol. The maximum absolute atomic E-state index is 12.8. The van der Waals surface area contributed by atoms with Crippen LogP contribution in [0, 0.1) is 29.1 Å². The first-order chi connectivity index (χ1) is 10.3. The predicted octanol–water partition coefficient (Wildman–Crippen LogP) is 3.94. The molecule has 0 spiro atoms. The second kappa shape index (κ2) is 5.94. The molecule has 134 valence electrons. The van der Waals surface area contributed by atoms with Gasteiger partial charge in [-0.1, -0.05) is 0 Å². The minimum atomic E-state index is -4.59. The van der Waals surface area contributed by atoms with Gasteiger partial charge < -0.3 is 9.84 Å². The minimum Gasteiger partial charge on any atom is -0.465 e. The Bertz CT molecular complexity index is 451. The molecule has 0 heterocycles. The van der Waals surface area contributed by atoms with E-state index in [1.165, 1.54) is 0 Å². The van der Waals surface area contributed by atoms with Crippen molar-refractivity contribution in [3.63, 3.8) is 0 Å². The fraction of sp³-hybridized carbons (Fsp3) is 0.941. The number of alkyl halides is 3. The van der Waals surface area contributed by atoms with Gasteiger partial charge in [0.2, 0.25) is 0 Å². The van der Waals surface area contributed by atoms with Crippen LogP contribution in [0.2, 0.25) is 0 Å². The summed E-state index contributed by atoms with van der Waals surface area (Å²) in [7, 11) is 0. The van der Waals surface area contributed by atoms with E-state index < -0.39 is 17.2 Å². The van der Waals surface area contributed by atoms with E-state index in [-0.39, 0.29) is 30.1 Å². The molecule has 3 nitrogen and oxygen atoms in total. The third kappa shape index (κ3) is 4.01. The Morgan fingerprint density at radius 1 is 1.04 bits per heavy atom. The first kappa shape index (κ1) is 18.6. The van der Waals surface area contributed by atoms with Crippen molar-refractivity contribution in [2.75, 3.05) is 6.61 Å². The molecule has 5 atom stereocenters. The molecule has 2 fully saturated rings. The molecular formula is C17H27F3O3. The van der Waals surface area contributed by atoms with Gasteiger partial charge in [0.25, 0.3) is 0 Å². The van der Waals surface area contributed by atoms with Crippen molar-refractivity contribution < 1.29 is 27.8 Å². The summed E-state index contributed by atoms with van der Waals surface area (Å²) in [5, 5.41) is 9.68. The number of halogens is 3. The molecule has 0 aromatic carbocycles. The molecule has 1 N–H and O–H groups in total. The zero-order valence-corrected chi connectivity index (χ0v) is 14.2. The molecule has 5 unspecified atom stereocenters. The number of carbonyl (C=O) groups is 1. The molecule has 0 aromatic rings. The number of carbonyl (C=O) groups excluding carboxylic acids is 1. The second-order valence-electron chi connectivity index (χ2n) is 8.57. The summed E-state index contributed by atoms with van der Waals surface area (Å²) in [5.74, 6) is 0.426. The molecule has 0 aromatic heterocycles.